The van der Waals surface area contributed by atoms with Crippen molar-refractivity contribution in [2.45, 2.75) is 5.75 Å². The highest BCUT2D eigenvalue weighted by atomic mass is 32.2. The van der Waals surface area contributed by atoms with Crippen LogP contribution in [0, 0.1) is 0 Å². The Balaban J connectivity index is 2.32. The average molecular weight is 262 g/mol. The Hall–Kier alpha value is -1.72. The topological polar surface area (TPSA) is 59.1 Å². The molecule has 0 aliphatic carbocycles. The van der Waals surface area contributed by atoms with E-state index in [4.69, 9.17) is 0 Å². The molecule has 2 rings (SSSR count). The molecule has 1 aromatic carbocycles. The van der Waals surface area contributed by atoms with Crippen LogP contribution >= 0.6 is 0 Å². The van der Waals surface area contributed by atoms with Gasteiger partial charge in [-0.2, -0.15) is 0 Å². The summed E-state index contributed by atoms with van der Waals surface area (Å²) < 4.78 is 25.2. The van der Waals surface area contributed by atoms with Gasteiger partial charge in [0, 0.05) is 5.56 Å². The second kappa shape index (κ2) is 5.29. The van der Waals surface area contributed by atoms with Gasteiger partial charge in [0.25, 0.3) is 0 Å². The molecule has 0 radical (unpaired) electrons. The van der Waals surface area contributed by atoms with Gasteiger partial charge in [0.2, 0.25) is 10.0 Å². The molecule has 1 aromatic heterocycles. The lowest BCUT2D eigenvalue weighted by Crippen LogP contribution is -2.20. The normalized spacial score (nSPS) is 11.4. The molecule has 0 bridgehead atoms. The number of sulfonamides is 1. The summed E-state index contributed by atoms with van der Waals surface area (Å²) in [6.45, 7) is 0. The van der Waals surface area contributed by atoms with E-state index in [1.165, 1.54) is 7.05 Å². The first-order valence-corrected chi connectivity index (χ1v) is 7.18. The Morgan fingerprint density at radius 1 is 1.06 bits per heavy atom. The third-order valence-corrected chi connectivity index (χ3v) is 3.82. The zero-order valence-electron chi connectivity index (χ0n) is 10.00. The Kier molecular flexibility index (Phi) is 3.74. The highest BCUT2D eigenvalue weighted by Gasteiger charge is 2.10. The quantitative estimate of drug-likeness (QED) is 0.914. The van der Waals surface area contributed by atoms with Crippen molar-refractivity contribution in [2.75, 3.05) is 7.05 Å². The Labute approximate surface area is 107 Å². The van der Waals surface area contributed by atoms with Crippen molar-refractivity contribution in [1.29, 1.82) is 0 Å². The van der Waals surface area contributed by atoms with Crippen molar-refractivity contribution in [3.05, 3.63) is 54.2 Å². The van der Waals surface area contributed by atoms with E-state index in [9.17, 15) is 8.42 Å². The molecule has 1 heterocycles. The van der Waals surface area contributed by atoms with E-state index in [-0.39, 0.29) is 5.75 Å². The van der Waals surface area contributed by atoms with Crippen LogP contribution in [-0.2, 0) is 15.8 Å². The molecule has 0 spiro atoms. The van der Waals surface area contributed by atoms with Gasteiger partial charge in [-0.25, -0.2) is 13.1 Å². The van der Waals surface area contributed by atoms with Crippen LogP contribution in [0.2, 0.25) is 0 Å². The van der Waals surface area contributed by atoms with E-state index in [1.807, 2.05) is 42.5 Å². The van der Waals surface area contributed by atoms with Crippen molar-refractivity contribution in [2.24, 2.45) is 0 Å². The zero-order chi connectivity index (χ0) is 13.0. The van der Waals surface area contributed by atoms with Crippen LogP contribution in [0.3, 0.4) is 0 Å². The van der Waals surface area contributed by atoms with Crippen LogP contribution < -0.4 is 4.72 Å². The summed E-state index contributed by atoms with van der Waals surface area (Å²) in [4.78, 5) is 4.36. The molecule has 0 saturated carbocycles. The summed E-state index contributed by atoms with van der Waals surface area (Å²) in [5.41, 5.74) is 2.28. The fourth-order valence-corrected chi connectivity index (χ4v) is 2.29. The molecule has 0 atom stereocenters. The molecule has 5 heteroatoms. The molecule has 0 aliphatic rings. The summed E-state index contributed by atoms with van der Waals surface area (Å²) in [5.74, 6) is -0.107. The molecule has 0 saturated heterocycles. The third kappa shape index (κ3) is 3.15. The summed E-state index contributed by atoms with van der Waals surface area (Å²) in [6, 6.07) is 15.1. The number of rotatable bonds is 4. The first-order valence-electron chi connectivity index (χ1n) is 5.53. The Morgan fingerprint density at radius 3 is 2.44 bits per heavy atom. The van der Waals surface area contributed by atoms with Crippen LogP contribution in [0.5, 0.6) is 0 Å². The maximum atomic E-state index is 11.5. The largest absolute Gasteiger partial charge is 0.252 e. The first kappa shape index (κ1) is 12.7. The molecule has 0 aliphatic heterocycles. The predicted molar refractivity (Wildman–Crippen MR) is 71.4 cm³/mol. The molecule has 0 amide bonds. The second-order valence-corrected chi connectivity index (χ2v) is 5.77. The van der Waals surface area contributed by atoms with E-state index in [1.54, 1.807) is 6.07 Å². The van der Waals surface area contributed by atoms with Crippen LogP contribution in [-0.4, -0.2) is 20.4 Å². The molecule has 94 valence electrons. The second-order valence-electron chi connectivity index (χ2n) is 3.84. The zero-order valence-corrected chi connectivity index (χ0v) is 10.8. The average Bonchev–Trinajstić information content (AvgIpc) is 2.40. The minimum Gasteiger partial charge on any atom is -0.252 e. The van der Waals surface area contributed by atoms with E-state index < -0.39 is 10.0 Å². The van der Waals surface area contributed by atoms with Gasteiger partial charge in [-0.3, -0.25) is 4.98 Å². The van der Waals surface area contributed by atoms with E-state index in [2.05, 4.69) is 9.71 Å². The van der Waals surface area contributed by atoms with E-state index >= 15 is 0 Å². The molecule has 2 aromatic rings. The monoisotopic (exact) mass is 262 g/mol. The number of aromatic nitrogens is 1. The Bertz CT molecular complexity index is 624. The van der Waals surface area contributed by atoms with Gasteiger partial charge in [0.1, 0.15) is 5.75 Å². The molecule has 4 nitrogen and oxygen atoms in total. The molecular weight excluding hydrogens is 248 g/mol. The minimum absolute atomic E-state index is 0.107. The van der Waals surface area contributed by atoms with Crippen molar-refractivity contribution in [3.63, 3.8) is 0 Å². The predicted octanol–water partition coefficient (Wildman–Crippen LogP) is 1.80. The molecular formula is C13H14N2O2S. The van der Waals surface area contributed by atoms with Crippen molar-refractivity contribution < 1.29 is 8.42 Å². The third-order valence-electron chi connectivity index (χ3n) is 2.53. The number of nitrogens with zero attached hydrogens (tertiary/aromatic N) is 1. The maximum absolute atomic E-state index is 11.5. The maximum Gasteiger partial charge on any atom is 0.217 e. The van der Waals surface area contributed by atoms with Crippen LogP contribution in [0.15, 0.2) is 48.5 Å². The van der Waals surface area contributed by atoms with Gasteiger partial charge >= 0.3 is 0 Å². The smallest absolute Gasteiger partial charge is 0.217 e. The number of benzene rings is 1. The lowest BCUT2D eigenvalue weighted by molar-refractivity contribution is 0.587. The number of hydrogen-bond donors (Lipinski definition) is 1. The molecule has 0 fully saturated rings. The van der Waals surface area contributed by atoms with E-state index in [0.29, 0.717) is 5.69 Å². The van der Waals surface area contributed by atoms with Gasteiger partial charge in [0.05, 0.1) is 11.4 Å². The molecule has 18 heavy (non-hydrogen) atoms. The van der Waals surface area contributed by atoms with Crippen LogP contribution in [0.1, 0.15) is 5.69 Å². The SMILES string of the molecule is CNS(=O)(=O)Cc1cccc(-c2ccccc2)n1. The first-order chi connectivity index (χ1) is 8.61. The van der Waals surface area contributed by atoms with Crippen LogP contribution in [0.4, 0.5) is 0 Å². The minimum atomic E-state index is -3.28. The number of pyridine rings is 1. The highest BCUT2D eigenvalue weighted by molar-refractivity contribution is 7.88. The summed E-state index contributed by atoms with van der Waals surface area (Å²) in [5, 5.41) is 0. The van der Waals surface area contributed by atoms with Gasteiger partial charge < -0.3 is 0 Å². The fraction of sp³-hybridized carbons (Fsp3) is 0.154. The van der Waals surface area contributed by atoms with Gasteiger partial charge in [-0.05, 0) is 19.2 Å². The van der Waals surface area contributed by atoms with Crippen molar-refractivity contribution in [3.8, 4) is 11.3 Å². The lowest BCUT2D eigenvalue weighted by Gasteiger charge is -2.05. The number of hydrogen-bond acceptors (Lipinski definition) is 3. The molecule has 1 N–H and O–H groups in total. The van der Waals surface area contributed by atoms with Gasteiger partial charge in [-0.1, -0.05) is 36.4 Å². The van der Waals surface area contributed by atoms with Crippen LogP contribution in [0.25, 0.3) is 11.3 Å². The number of nitrogens with one attached hydrogen (secondary N) is 1. The standard InChI is InChI=1S/C13H14N2O2S/c1-14-18(16,17)10-12-8-5-9-13(15-12)11-6-3-2-4-7-11/h2-9,14H,10H2,1H3. The summed E-state index contributed by atoms with van der Waals surface area (Å²) in [7, 11) is -1.88. The van der Waals surface area contributed by atoms with Crippen molar-refractivity contribution >= 4 is 10.0 Å². The summed E-state index contributed by atoms with van der Waals surface area (Å²) in [6.07, 6.45) is 0. The van der Waals surface area contributed by atoms with Crippen molar-refractivity contribution in [1.82, 2.24) is 9.71 Å². The van der Waals surface area contributed by atoms with Gasteiger partial charge in [-0.15, -0.1) is 0 Å². The summed E-state index contributed by atoms with van der Waals surface area (Å²) >= 11 is 0. The lowest BCUT2D eigenvalue weighted by atomic mass is 10.1. The Morgan fingerprint density at radius 2 is 1.78 bits per heavy atom. The van der Waals surface area contributed by atoms with E-state index in [0.717, 1.165) is 11.3 Å². The van der Waals surface area contributed by atoms with Gasteiger partial charge in [0.15, 0.2) is 0 Å². The fourth-order valence-electron chi connectivity index (χ4n) is 1.60. The molecule has 0 unspecified atom stereocenters. The highest BCUT2D eigenvalue weighted by Crippen LogP contribution is 2.17.